The second-order valence-electron chi connectivity index (χ2n) is 5.19. The number of hydrogen-bond acceptors (Lipinski definition) is 4. The molecule has 5 heteroatoms. The Morgan fingerprint density at radius 1 is 1.23 bits per heavy atom. The van der Waals surface area contributed by atoms with Gasteiger partial charge in [-0.3, -0.25) is 9.78 Å². The van der Waals surface area contributed by atoms with Gasteiger partial charge in [0.05, 0.1) is 5.56 Å². The summed E-state index contributed by atoms with van der Waals surface area (Å²) in [7, 11) is 0. The Bertz CT molecular complexity index is 710. The van der Waals surface area contributed by atoms with E-state index in [9.17, 15) is 9.59 Å². The average molecular weight is 296 g/mol. The van der Waals surface area contributed by atoms with E-state index in [0.29, 0.717) is 12.1 Å². The summed E-state index contributed by atoms with van der Waals surface area (Å²) < 4.78 is 5.09. The monoisotopic (exact) mass is 296 g/mol. The molecule has 0 spiro atoms. The SMILES string of the molecule is Cc1ccc(C(=O)OCC(=O)N2CCc3ccccc32)cn1. The van der Waals surface area contributed by atoms with E-state index in [-0.39, 0.29) is 12.5 Å². The van der Waals surface area contributed by atoms with Crippen LogP contribution in [-0.4, -0.2) is 30.0 Å². The Labute approximate surface area is 128 Å². The molecule has 2 heterocycles. The van der Waals surface area contributed by atoms with Crippen LogP contribution in [0.2, 0.25) is 0 Å². The highest BCUT2D eigenvalue weighted by atomic mass is 16.5. The molecule has 1 aliphatic rings. The molecule has 0 N–H and O–H groups in total. The van der Waals surface area contributed by atoms with Crippen LogP contribution >= 0.6 is 0 Å². The Morgan fingerprint density at radius 2 is 2.05 bits per heavy atom. The first-order valence-electron chi connectivity index (χ1n) is 7.13. The lowest BCUT2D eigenvalue weighted by atomic mass is 10.2. The van der Waals surface area contributed by atoms with Gasteiger partial charge in [0, 0.05) is 24.1 Å². The molecule has 0 atom stereocenters. The number of benzene rings is 1. The fraction of sp³-hybridized carbons (Fsp3) is 0.235. The van der Waals surface area contributed by atoms with Gasteiger partial charge in [0.2, 0.25) is 0 Å². The second-order valence-corrected chi connectivity index (χ2v) is 5.19. The largest absolute Gasteiger partial charge is 0.452 e. The minimum Gasteiger partial charge on any atom is -0.452 e. The summed E-state index contributed by atoms with van der Waals surface area (Å²) >= 11 is 0. The number of aryl methyl sites for hydroxylation is 1. The molecule has 5 nitrogen and oxygen atoms in total. The summed E-state index contributed by atoms with van der Waals surface area (Å²) in [6, 6.07) is 11.1. The summed E-state index contributed by atoms with van der Waals surface area (Å²) in [4.78, 5) is 29.8. The summed E-state index contributed by atoms with van der Waals surface area (Å²) in [5, 5.41) is 0. The van der Waals surface area contributed by atoms with Crippen LogP contribution in [0.1, 0.15) is 21.6 Å². The summed E-state index contributed by atoms with van der Waals surface area (Å²) in [6.07, 6.45) is 2.28. The van der Waals surface area contributed by atoms with E-state index in [0.717, 1.165) is 23.4 Å². The van der Waals surface area contributed by atoms with Gasteiger partial charge in [-0.1, -0.05) is 18.2 Å². The molecule has 1 aromatic carbocycles. The van der Waals surface area contributed by atoms with Crippen molar-refractivity contribution in [1.29, 1.82) is 0 Å². The molecule has 0 bridgehead atoms. The summed E-state index contributed by atoms with van der Waals surface area (Å²) in [6.45, 7) is 2.20. The van der Waals surface area contributed by atoms with Crippen molar-refractivity contribution in [3.63, 3.8) is 0 Å². The number of esters is 1. The number of carbonyl (C=O) groups excluding carboxylic acids is 2. The number of pyridine rings is 1. The number of ether oxygens (including phenoxy) is 1. The van der Waals surface area contributed by atoms with Gasteiger partial charge in [-0.15, -0.1) is 0 Å². The molecule has 0 aliphatic carbocycles. The first kappa shape index (κ1) is 14.3. The highest BCUT2D eigenvalue weighted by molar-refractivity contribution is 5.98. The van der Waals surface area contributed by atoms with E-state index in [2.05, 4.69) is 4.98 Å². The normalized spacial score (nSPS) is 12.9. The van der Waals surface area contributed by atoms with E-state index in [1.165, 1.54) is 6.20 Å². The lowest BCUT2D eigenvalue weighted by molar-refractivity contribution is -0.121. The third-order valence-electron chi connectivity index (χ3n) is 3.66. The third kappa shape index (κ3) is 2.83. The zero-order valence-electron chi connectivity index (χ0n) is 12.3. The lowest BCUT2D eigenvalue weighted by Gasteiger charge is -2.17. The minimum atomic E-state index is -0.534. The van der Waals surface area contributed by atoms with Gasteiger partial charge in [-0.25, -0.2) is 4.79 Å². The standard InChI is InChI=1S/C17H16N2O3/c1-12-6-7-14(10-18-12)17(21)22-11-16(20)19-9-8-13-4-2-3-5-15(13)19/h2-7,10H,8-9,11H2,1H3. The number of aromatic nitrogens is 1. The van der Waals surface area contributed by atoms with Gasteiger partial charge in [0.1, 0.15) is 0 Å². The Kier molecular flexibility index (Phi) is 3.87. The Balaban J connectivity index is 1.61. The smallest absolute Gasteiger partial charge is 0.340 e. The van der Waals surface area contributed by atoms with Crippen molar-refractivity contribution >= 4 is 17.6 Å². The van der Waals surface area contributed by atoms with Crippen molar-refractivity contribution in [3.8, 4) is 0 Å². The summed E-state index contributed by atoms with van der Waals surface area (Å²) in [5.74, 6) is -0.744. The molecule has 22 heavy (non-hydrogen) atoms. The molecule has 0 saturated heterocycles. The van der Waals surface area contributed by atoms with Crippen LogP contribution in [0.3, 0.4) is 0 Å². The molecule has 112 valence electrons. The Hall–Kier alpha value is -2.69. The van der Waals surface area contributed by atoms with Gasteiger partial charge in [-0.05, 0) is 37.1 Å². The molecule has 1 aromatic heterocycles. The van der Waals surface area contributed by atoms with Gasteiger partial charge in [0.15, 0.2) is 6.61 Å². The maximum absolute atomic E-state index is 12.2. The maximum Gasteiger partial charge on any atom is 0.340 e. The molecule has 0 saturated carbocycles. The summed E-state index contributed by atoms with van der Waals surface area (Å²) in [5.41, 5.74) is 3.21. The fourth-order valence-corrected chi connectivity index (χ4v) is 2.47. The molecule has 2 aromatic rings. The topological polar surface area (TPSA) is 59.5 Å². The van der Waals surface area contributed by atoms with Crippen LogP contribution in [-0.2, 0) is 16.0 Å². The minimum absolute atomic E-state index is 0.210. The van der Waals surface area contributed by atoms with E-state index in [1.54, 1.807) is 17.0 Å². The number of hydrogen-bond donors (Lipinski definition) is 0. The number of fused-ring (bicyclic) bond motifs is 1. The molecule has 0 fully saturated rings. The van der Waals surface area contributed by atoms with E-state index < -0.39 is 5.97 Å². The zero-order chi connectivity index (χ0) is 15.5. The molecule has 0 radical (unpaired) electrons. The van der Waals surface area contributed by atoms with E-state index in [4.69, 9.17) is 4.74 Å². The number of anilines is 1. The van der Waals surface area contributed by atoms with Gasteiger partial charge >= 0.3 is 5.97 Å². The van der Waals surface area contributed by atoms with Crippen molar-refractivity contribution < 1.29 is 14.3 Å². The molecular formula is C17H16N2O3. The van der Waals surface area contributed by atoms with Crippen molar-refractivity contribution in [3.05, 3.63) is 59.4 Å². The highest BCUT2D eigenvalue weighted by Crippen LogP contribution is 2.27. The van der Waals surface area contributed by atoms with Crippen LogP contribution in [0.4, 0.5) is 5.69 Å². The number of carbonyl (C=O) groups is 2. The predicted octanol–water partition coefficient (Wildman–Crippen LogP) is 2.14. The van der Waals surface area contributed by atoms with Crippen LogP contribution in [0.25, 0.3) is 0 Å². The first-order valence-corrected chi connectivity index (χ1v) is 7.13. The van der Waals surface area contributed by atoms with Crippen LogP contribution < -0.4 is 4.90 Å². The van der Waals surface area contributed by atoms with Crippen molar-refractivity contribution in [2.75, 3.05) is 18.1 Å². The van der Waals surface area contributed by atoms with Crippen LogP contribution in [0.5, 0.6) is 0 Å². The fourth-order valence-electron chi connectivity index (χ4n) is 2.47. The van der Waals surface area contributed by atoms with Crippen LogP contribution in [0.15, 0.2) is 42.6 Å². The first-order chi connectivity index (χ1) is 10.6. The Morgan fingerprint density at radius 3 is 2.82 bits per heavy atom. The molecule has 1 amide bonds. The maximum atomic E-state index is 12.2. The molecule has 0 unspecified atom stereocenters. The van der Waals surface area contributed by atoms with Crippen molar-refractivity contribution in [2.24, 2.45) is 0 Å². The third-order valence-corrected chi connectivity index (χ3v) is 3.66. The predicted molar refractivity (Wildman–Crippen MR) is 81.8 cm³/mol. The number of amides is 1. The number of rotatable bonds is 3. The van der Waals surface area contributed by atoms with Crippen molar-refractivity contribution in [2.45, 2.75) is 13.3 Å². The van der Waals surface area contributed by atoms with Crippen molar-refractivity contribution in [1.82, 2.24) is 4.98 Å². The van der Waals surface area contributed by atoms with Crippen LogP contribution in [0, 0.1) is 6.92 Å². The lowest BCUT2D eigenvalue weighted by Crippen LogP contribution is -2.33. The number of nitrogens with zero attached hydrogens (tertiary/aromatic N) is 2. The zero-order valence-corrected chi connectivity index (χ0v) is 12.3. The second kappa shape index (κ2) is 5.97. The average Bonchev–Trinajstić information content (AvgIpc) is 2.97. The number of para-hydroxylation sites is 1. The van der Waals surface area contributed by atoms with Gasteiger partial charge in [0.25, 0.3) is 5.91 Å². The van der Waals surface area contributed by atoms with E-state index >= 15 is 0 Å². The molecule has 1 aliphatic heterocycles. The van der Waals surface area contributed by atoms with Gasteiger partial charge in [-0.2, -0.15) is 0 Å². The quantitative estimate of drug-likeness (QED) is 0.814. The highest BCUT2D eigenvalue weighted by Gasteiger charge is 2.24. The van der Waals surface area contributed by atoms with E-state index in [1.807, 2.05) is 31.2 Å². The molecule has 3 rings (SSSR count). The van der Waals surface area contributed by atoms with Gasteiger partial charge < -0.3 is 9.64 Å². The molecular weight excluding hydrogens is 280 g/mol.